The fourth-order valence-electron chi connectivity index (χ4n) is 2.43. The smallest absolute Gasteiger partial charge is 0.416 e. The van der Waals surface area contributed by atoms with Crippen molar-refractivity contribution in [1.82, 2.24) is 9.80 Å². The fraction of sp³-hybridized carbons (Fsp3) is 0.571. The van der Waals surface area contributed by atoms with Gasteiger partial charge >= 0.3 is 6.18 Å². The van der Waals surface area contributed by atoms with Gasteiger partial charge in [-0.05, 0) is 12.1 Å². The van der Waals surface area contributed by atoms with E-state index in [-0.39, 0.29) is 12.4 Å². The topological polar surface area (TPSA) is 46.9 Å². The van der Waals surface area contributed by atoms with Crippen LogP contribution >= 0.6 is 0 Å². The van der Waals surface area contributed by atoms with E-state index in [1.807, 2.05) is 0 Å². The molecule has 0 amide bonds. The molecular formula is C14H19F3N2O2. The molecule has 1 saturated heterocycles. The zero-order valence-corrected chi connectivity index (χ0v) is 11.6. The van der Waals surface area contributed by atoms with Gasteiger partial charge in [0.15, 0.2) is 0 Å². The number of nitrogens with zero attached hydrogens (tertiary/aromatic N) is 2. The summed E-state index contributed by atoms with van der Waals surface area (Å²) in [6, 6.07) is 3.10. The molecule has 7 heteroatoms. The Morgan fingerprint density at radius 2 is 1.67 bits per heavy atom. The number of aromatic hydroxyl groups is 1. The molecule has 1 aliphatic rings. The third kappa shape index (κ3) is 4.33. The maximum atomic E-state index is 12.5. The van der Waals surface area contributed by atoms with E-state index in [4.69, 9.17) is 5.11 Å². The lowest BCUT2D eigenvalue weighted by Crippen LogP contribution is -2.46. The van der Waals surface area contributed by atoms with E-state index < -0.39 is 11.7 Å². The number of phenols is 1. The van der Waals surface area contributed by atoms with Crippen molar-refractivity contribution in [1.29, 1.82) is 0 Å². The van der Waals surface area contributed by atoms with Crippen molar-refractivity contribution >= 4 is 0 Å². The van der Waals surface area contributed by atoms with E-state index in [0.29, 0.717) is 18.7 Å². The van der Waals surface area contributed by atoms with Crippen molar-refractivity contribution in [2.24, 2.45) is 0 Å². The molecule has 2 rings (SSSR count). The number of β-amino-alcohol motifs (C(OH)–C–C–N with tert-alkyl or cyclic N) is 1. The molecule has 0 aromatic heterocycles. The maximum absolute atomic E-state index is 12.5. The monoisotopic (exact) mass is 304 g/mol. The standard InChI is InChI=1S/C14H19F3N2O2/c15-14(16,17)12-2-1-11(13(21)9-12)10-19-5-3-18(4-6-19)7-8-20/h1-2,9,20-21H,3-8,10H2. The summed E-state index contributed by atoms with van der Waals surface area (Å²) in [5, 5.41) is 18.6. The molecule has 0 aliphatic carbocycles. The van der Waals surface area contributed by atoms with Gasteiger partial charge in [-0.1, -0.05) is 6.07 Å². The highest BCUT2D eigenvalue weighted by Gasteiger charge is 2.31. The molecule has 4 nitrogen and oxygen atoms in total. The molecular weight excluding hydrogens is 285 g/mol. The predicted molar refractivity (Wildman–Crippen MR) is 71.9 cm³/mol. The molecule has 1 heterocycles. The van der Waals surface area contributed by atoms with Crippen molar-refractivity contribution in [3.05, 3.63) is 29.3 Å². The van der Waals surface area contributed by atoms with Crippen LogP contribution in [0.2, 0.25) is 0 Å². The average Bonchev–Trinajstić information content (AvgIpc) is 2.42. The third-order valence-corrected chi connectivity index (χ3v) is 3.69. The molecule has 1 aromatic rings. The number of benzene rings is 1. The predicted octanol–water partition coefficient (Wildman–Crippen LogP) is 1.52. The van der Waals surface area contributed by atoms with Gasteiger partial charge in [0.25, 0.3) is 0 Å². The molecule has 0 atom stereocenters. The van der Waals surface area contributed by atoms with E-state index in [9.17, 15) is 18.3 Å². The van der Waals surface area contributed by atoms with Gasteiger partial charge in [0.2, 0.25) is 0 Å². The van der Waals surface area contributed by atoms with Crippen LogP contribution in [0.5, 0.6) is 5.75 Å². The van der Waals surface area contributed by atoms with E-state index in [1.54, 1.807) is 0 Å². The number of aliphatic hydroxyl groups excluding tert-OH is 1. The molecule has 1 aliphatic heterocycles. The van der Waals surface area contributed by atoms with E-state index in [1.165, 1.54) is 6.07 Å². The minimum atomic E-state index is -4.44. The van der Waals surface area contributed by atoms with Crippen molar-refractivity contribution in [3.63, 3.8) is 0 Å². The van der Waals surface area contributed by atoms with Crippen LogP contribution < -0.4 is 0 Å². The van der Waals surface area contributed by atoms with Crippen LogP contribution in [-0.4, -0.2) is 59.3 Å². The van der Waals surface area contributed by atoms with Crippen molar-refractivity contribution in [3.8, 4) is 5.75 Å². The zero-order chi connectivity index (χ0) is 15.5. The zero-order valence-electron chi connectivity index (χ0n) is 11.6. The summed E-state index contributed by atoms with van der Waals surface area (Å²) in [6.45, 7) is 4.33. The fourth-order valence-corrected chi connectivity index (χ4v) is 2.43. The summed E-state index contributed by atoms with van der Waals surface area (Å²) in [7, 11) is 0. The quantitative estimate of drug-likeness (QED) is 0.885. The lowest BCUT2D eigenvalue weighted by Gasteiger charge is -2.34. The number of rotatable bonds is 4. The number of aliphatic hydroxyl groups is 1. The minimum Gasteiger partial charge on any atom is -0.508 e. The molecule has 0 radical (unpaired) electrons. The molecule has 0 bridgehead atoms. The summed E-state index contributed by atoms with van der Waals surface area (Å²) < 4.78 is 37.6. The molecule has 0 spiro atoms. The number of piperazine rings is 1. The molecule has 2 N–H and O–H groups in total. The molecule has 118 valence electrons. The largest absolute Gasteiger partial charge is 0.508 e. The Kier molecular flexibility index (Phi) is 5.08. The first kappa shape index (κ1) is 16.1. The lowest BCUT2D eigenvalue weighted by molar-refractivity contribution is -0.137. The van der Waals surface area contributed by atoms with Gasteiger partial charge < -0.3 is 10.2 Å². The van der Waals surface area contributed by atoms with E-state index in [0.717, 1.165) is 38.3 Å². The highest BCUT2D eigenvalue weighted by Crippen LogP contribution is 2.33. The minimum absolute atomic E-state index is 0.125. The Balaban J connectivity index is 1.95. The first-order valence-corrected chi connectivity index (χ1v) is 6.85. The normalized spacial score (nSPS) is 18.1. The summed E-state index contributed by atoms with van der Waals surface area (Å²) >= 11 is 0. The first-order chi connectivity index (χ1) is 9.90. The Morgan fingerprint density at radius 1 is 1.05 bits per heavy atom. The second kappa shape index (κ2) is 6.64. The second-order valence-corrected chi connectivity index (χ2v) is 5.18. The number of hydrogen-bond donors (Lipinski definition) is 2. The van der Waals surface area contributed by atoms with Crippen molar-refractivity contribution < 1.29 is 23.4 Å². The van der Waals surface area contributed by atoms with Gasteiger partial charge in [-0.2, -0.15) is 13.2 Å². The van der Waals surface area contributed by atoms with Gasteiger partial charge in [-0.3, -0.25) is 9.80 Å². The van der Waals surface area contributed by atoms with Crippen molar-refractivity contribution in [2.75, 3.05) is 39.3 Å². The Morgan fingerprint density at radius 3 is 2.19 bits per heavy atom. The van der Waals surface area contributed by atoms with Gasteiger partial charge in [0.1, 0.15) is 5.75 Å². The van der Waals surface area contributed by atoms with Crippen LogP contribution in [0, 0.1) is 0 Å². The molecule has 0 unspecified atom stereocenters. The Labute approximate surface area is 121 Å². The Hall–Kier alpha value is -1.31. The van der Waals surface area contributed by atoms with Crippen LogP contribution in [0.3, 0.4) is 0 Å². The van der Waals surface area contributed by atoms with Crippen LogP contribution in [-0.2, 0) is 12.7 Å². The maximum Gasteiger partial charge on any atom is 0.416 e. The van der Waals surface area contributed by atoms with Gasteiger partial charge in [-0.15, -0.1) is 0 Å². The first-order valence-electron chi connectivity index (χ1n) is 6.85. The number of phenolic OH excluding ortho intramolecular Hbond substituents is 1. The molecule has 0 saturated carbocycles. The van der Waals surface area contributed by atoms with Crippen LogP contribution in [0.4, 0.5) is 13.2 Å². The molecule has 21 heavy (non-hydrogen) atoms. The summed E-state index contributed by atoms with van der Waals surface area (Å²) in [4.78, 5) is 4.21. The Bertz CT molecular complexity index is 472. The number of alkyl halides is 3. The average molecular weight is 304 g/mol. The van der Waals surface area contributed by atoms with Crippen LogP contribution in [0.15, 0.2) is 18.2 Å². The van der Waals surface area contributed by atoms with Crippen LogP contribution in [0.25, 0.3) is 0 Å². The van der Waals surface area contributed by atoms with Gasteiger partial charge in [0.05, 0.1) is 12.2 Å². The SMILES string of the molecule is OCCN1CCN(Cc2ccc(C(F)(F)F)cc2O)CC1. The second-order valence-electron chi connectivity index (χ2n) is 5.18. The molecule has 1 aromatic carbocycles. The van der Waals surface area contributed by atoms with Crippen molar-refractivity contribution in [2.45, 2.75) is 12.7 Å². The van der Waals surface area contributed by atoms with Gasteiger partial charge in [-0.25, -0.2) is 0 Å². The lowest BCUT2D eigenvalue weighted by atomic mass is 10.1. The third-order valence-electron chi connectivity index (χ3n) is 3.69. The molecule has 1 fully saturated rings. The van der Waals surface area contributed by atoms with E-state index >= 15 is 0 Å². The van der Waals surface area contributed by atoms with Crippen LogP contribution in [0.1, 0.15) is 11.1 Å². The summed E-state index contributed by atoms with van der Waals surface area (Å²) in [5.41, 5.74) is -0.338. The highest BCUT2D eigenvalue weighted by atomic mass is 19.4. The van der Waals surface area contributed by atoms with E-state index in [2.05, 4.69) is 9.80 Å². The highest BCUT2D eigenvalue weighted by molar-refractivity contribution is 5.37. The number of hydrogen-bond acceptors (Lipinski definition) is 4. The van der Waals surface area contributed by atoms with Gasteiger partial charge in [0, 0.05) is 44.8 Å². The summed E-state index contributed by atoms with van der Waals surface area (Å²) in [6.07, 6.45) is -4.44. The number of halogens is 3. The summed E-state index contributed by atoms with van der Waals surface area (Å²) in [5.74, 6) is -0.317.